The van der Waals surface area contributed by atoms with E-state index in [9.17, 15) is 0 Å². The number of nitrogens with one attached hydrogen (secondary N) is 1. The number of rotatable bonds is 5. The lowest BCUT2D eigenvalue weighted by Gasteiger charge is -2.15. The standard InChI is InChI=1S/C13H21N3O2/c1-14-13-6-10(4-5-15-13)7-16-8-11(17-2)12(9-16)18-3/h4-6,11-12H,7-9H2,1-3H3,(H,14,15). The number of likely N-dealkylation sites (tertiary alicyclic amines) is 1. The van der Waals surface area contributed by atoms with Gasteiger partial charge in [-0.25, -0.2) is 4.98 Å². The fourth-order valence-electron chi connectivity index (χ4n) is 2.37. The van der Waals surface area contributed by atoms with Crippen LogP contribution in [0.25, 0.3) is 0 Å². The minimum Gasteiger partial charge on any atom is -0.377 e. The van der Waals surface area contributed by atoms with Gasteiger partial charge in [0.15, 0.2) is 0 Å². The zero-order valence-corrected chi connectivity index (χ0v) is 11.2. The number of pyridine rings is 1. The lowest BCUT2D eigenvalue weighted by molar-refractivity contribution is -0.00461. The second-order valence-corrected chi connectivity index (χ2v) is 4.54. The van der Waals surface area contributed by atoms with E-state index in [0.29, 0.717) is 0 Å². The predicted molar refractivity (Wildman–Crippen MR) is 70.7 cm³/mol. The minimum atomic E-state index is 0.167. The van der Waals surface area contributed by atoms with E-state index in [-0.39, 0.29) is 12.2 Å². The van der Waals surface area contributed by atoms with Crippen LogP contribution >= 0.6 is 0 Å². The van der Waals surface area contributed by atoms with Gasteiger partial charge in [0.05, 0.1) is 12.2 Å². The molecule has 5 nitrogen and oxygen atoms in total. The highest BCUT2D eigenvalue weighted by atomic mass is 16.5. The zero-order valence-electron chi connectivity index (χ0n) is 11.2. The Hall–Kier alpha value is -1.17. The van der Waals surface area contributed by atoms with Gasteiger partial charge in [0.2, 0.25) is 0 Å². The van der Waals surface area contributed by atoms with Crippen LogP contribution in [0.15, 0.2) is 18.3 Å². The molecule has 100 valence electrons. The second kappa shape index (κ2) is 6.13. The number of anilines is 1. The summed E-state index contributed by atoms with van der Waals surface area (Å²) in [4.78, 5) is 6.56. The molecule has 0 radical (unpaired) electrons. The van der Waals surface area contributed by atoms with Crippen molar-refractivity contribution in [2.45, 2.75) is 18.8 Å². The van der Waals surface area contributed by atoms with Gasteiger partial charge in [0, 0.05) is 47.1 Å². The number of aromatic nitrogens is 1. The Bertz CT molecular complexity index is 374. The first kappa shape index (κ1) is 13.3. The van der Waals surface area contributed by atoms with Crippen molar-refractivity contribution in [2.75, 3.05) is 39.7 Å². The van der Waals surface area contributed by atoms with E-state index in [1.165, 1.54) is 5.56 Å². The molecular formula is C13H21N3O2. The van der Waals surface area contributed by atoms with Crippen LogP contribution in [-0.2, 0) is 16.0 Å². The van der Waals surface area contributed by atoms with Crippen LogP contribution in [-0.4, -0.2) is 56.4 Å². The lowest BCUT2D eigenvalue weighted by Crippen LogP contribution is -2.27. The molecule has 0 aromatic carbocycles. The number of hydrogen-bond donors (Lipinski definition) is 1. The topological polar surface area (TPSA) is 46.6 Å². The van der Waals surface area contributed by atoms with Gasteiger partial charge in [-0.15, -0.1) is 0 Å². The van der Waals surface area contributed by atoms with Crippen LogP contribution in [0.4, 0.5) is 5.82 Å². The SMILES string of the molecule is CNc1cc(CN2CC(OC)C(OC)C2)ccn1. The van der Waals surface area contributed by atoms with Crippen LogP contribution in [0.2, 0.25) is 0 Å². The molecule has 2 heterocycles. The van der Waals surface area contributed by atoms with Crippen molar-refractivity contribution in [3.63, 3.8) is 0 Å². The fraction of sp³-hybridized carbons (Fsp3) is 0.615. The second-order valence-electron chi connectivity index (χ2n) is 4.54. The summed E-state index contributed by atoms with van der Waals surface area (Å²) in [6.45, 7) is 2.72. The summed E-state index contributed by atoms with van der Waals surface area (Å²) in [5.74, 6) is 0.901. The molecular weight excluding hydrogens is 230 g/mol. The summed E-state index contributed by atoms with van der Waals surface area (Å²) >= 11 is 0. The van der Waals surface area contributed by atoms with E-state index >= 15 is 0 Å². The van der Waals surface area contributed by atoms with Crippen LogP contribution in [0, 0.1) is 0 Å². The largest absolute Gasteiger partial charge is 0.377 e. The average Bonchev–Trinajstić information content (AvgIpc) is 2.81. The predicted octanol–water partition coefficient (Wildman–Crippen LogP) is 0.969. The number of ether oxygens (including phenoxy) is 2. The summed E-state index contributed by atoms with van der Waals surface area (Å²) < 4.78 is 10.9. The number of methoxy groups -OCH3 is 2. The minimum absolute atomic E-state index is 0.167. The van der Waals surface area contributed by atoms with Crippen molar-refractivity contribution < 1.29 is 9.47 Å². The van der Waals surface area contributed by atoms with E-state index in [1.807, 2.05) is 19.3 Å². The van der Waals surface area contributed by atoms with Crippen LogP contribution in [0.1, 0.15) is 5.56 Å². The summed E-state index contributed by atoms with van der Waals surface area (Å²) in [5, 5.41) is 3.05. The molecule has 0 bridgehead atoms. The Balaban J connectivity index is 1.97. The lowest BCUT2D eigenvalue weighted by atomic mass is 10.2. The maximum atomic E-state index is 5.44. The molecule has 0 saturated carbocycles. The first-order valence-corrected chi connectivity index (χ1v) is 6.17. The van der Waals surface area contributed by atoms with Crippen LogP contribution < -0.4 is 5.32 Å². The molecule has 2 unspecified atom stereocenters. The Morgan fingerprint density at radius 3 is 2.56 bits per heavy atom. The molecule has 0 amide bonds. The zero-order chi connectivity index (χ0) is 13.0. The van der Waals surface area contributed by atoms with E-state index in [0.717, 1.165) is 25.5 Å². The van der Waals surface area contributed by atoms with Gasteiger partial charge >= 0.3 is 0 Å². The third-order valence-corrected chi connectivity index (χ3v) is 3.38. The molecule has 1 aliphatic heterocycles. The summed E-state index contributed by atoms with van der Waals surface area (Å²) in [5.41, 5.74) is 1.25. The molecule has 1 aromatic heterocycles. The van der Waals surface area contributed by atoms with Crippen LogP contribution in [0.3, 0.4) is 0 Å². The van der Waals surface area contributed by atoms with Gasteiger partial charge in [-0.1, -0.05) is 0 Å². The molecule has 1 saturated heterocycles. The van der Waals surface area contributed by atoms with Crippen molar-refractivity contribution >= 4 is 5.82 Å². The average molecular weight is 251 g/mol. The van der Waals surface area contributed by atoms with Gasteiger partial charge in [0.25, 0.3) is 0 Å². The Kier molecular flexibility index (Phi) is 4.52. The molecule has 0 spiro atoms. The number of hydrogen-bond acceptors (Lipinski definition) is 5. The third-order valence-electron chi connectivity index (χ3n) is 3.38. The Labute approximate surface area is 108 Å². The van der Waals surface area contributed by atoms with Gasteiger partial charge in [0.1, 0.15) is 5.82 Å². The summed E-state index contributed by atoms with van der Waals surface area (Å²) in [7, 11) is 5.36. The molecule has 1 N–H and O–H groups in total. The van der Waals surface area contributed by atoms with Crippen LogP contribution in [0.5, 0.6) is 0 Å². The summed E-state index contributed by atoms with van der Waals surface area (Å²) in [6.07, 6.45) is 2.17. The van der Waals surface area contributed by atoms with Gasteiger partial charge in [-0.05, 0) is 17.7 Å². The van der Waals surface area contributed by atoms with E-state index < -0.39 is 0 Å². The highest BCUT2D eigenvalue weighted by Gasteiger charge is 2.32. The van der Waals surface area contributed by atoms with E-state index in [1.54, 1.807) is 14.2 Å². The quantitative estimate of drug-likeness (QED) is 0.845. The fourth-order valence-corrected chi connectivity index (χ4v) is 2.37. The smallest absolute Gasteiger partial charge is 0.125 e. The molecule has 2 rings (SSSR count). The Morgan fingerprint density at radius 1 is 1.33 bits per heavy atom. The monoisotopic (exact) mass is 251 g/mol. The Morgan fingerprint density at radius 2 is 2.00 bits per heavy atom. The molecule has 1 aliphatic rings. The van der Waals surface area contributed by atoms with Crippen molar-refractivity contribution in [2.24, 2.45) is 0 Å². The molecule has 2 atom stereocenters. The summed E-state index contributed by atoms with van der Waals surface area (Å²) in [6, 6.07) is 4.12. The van der Waals surface area contributed by atoms with Gasteiger partial charge < -0.3 is 14.8 Å². The first-order valence-electron chi connectivity index (χ1n) is 6.17. The molecule has 1 fully saturated rings. The van der Waals surface area contributed by atoms with Crippen molar-refractivity contribution in [1.29, 1.82) is 0 Å². The van der Waals surface area contributed by atoms with E-state index in [2.05, 4.69) is 21.3 Å². The number of nitrogens with zero attached hydrogens (tertiary/aromatic N) is 2. The highest BCUT2D eigenvalue weighted by Crippen LogP contribution is 2.18. The van der Waals surface area contributed by atoms with Gasteiger partial charge in [-0.2, -0.15) is 0 Å². The first-order chi connectivity index (χ1) is 8.76. The van der Waals surface area contributed by atoms with Gasteiger partial charge in [-0.3, -0.25) is 4.90 Å². The molecule has 5 heteroatoms. The molecule has 0 aliphatic carbocycles. The van der Waals surface area contributed by atoms with Crippen molar-refractivity contribution in [1.82, 2.24) is 9.88 Å². The van der Waals surface area contributed by atoms with Crippen molar-refractivity contribution in [3.8, 4) is 0 Å². The normalized spacial score (nSPS) is 24.4. The maximum Gasteiger partial charge on any atom is 0.125 e. The third kappa shape index (κ3) is 2.98. The molecule has 1 aromatic rings. The maximum absolute atomic E-state index is 5.44. The highest BCUT2D eigenvalue weighted by molar-refractivity contribution is 5.36. The van der Waals surface area contributed by atoms with Crippen molar-refractivity contribution in [3.05, 3.63) is 23.9 Å². The van der Waals surface area contributed by atoms with E-state index in [4.69, 9.17) is 9.47 Å². The molecule has 18 heavy (non-hydrogen) atoms.